The SMILES string of the molecule is CCC1CCC(Oc2ccc(C(N)CC)cc2)CC1. The van der Waals surface area contributed by atoms with E-state index < -0.39 is 0 Å². The van der Waals surface area contributed by atoms with E-state index in [1.807, 2.05) is 0 Å². The van der Waals surface area contributed by atoms with Gasteiger partial charge in [-0.05, 0) is 55.7 Å². The van der Waals surface area contributed by atoms with Crippen molar-refractivity contribution in [2.24, 2.45) is 11.7 Å². The Morgan fingerprint density at radius 1 is 1.11 bits per heavy atom. The molecule has 1 saturated carbocycles. The van der Waals surface area contributed by atoms with Gasteiger partial charge in [0.25, 0.3) is 0 Å². The van der Waals surface area contributed by atoms with Crippen molar-refractivity contribution >= 4 is 0 Å². The lowest BCUT2D eigenvalue weighted by Crippen LogP contribution is -2.23. The van der Waals surface area contributed by atoms with E-state index in [0.717, 1.165) is 18.1 Å². The van der Waals surface area contributed by atoms with Crippen LogP contribution in [0.25, 0.3) is 0 Å². The highest BCUT2D eigenvalue weighted by Gasteiger charge is 2.21. The minimum atomic E-state index is 0.147. The molecule has 0 aliphatic heterocycles. The summed E-state index contributed by atoms with van der Waals surface area (Å²) in [6, 6.07) is 8.48. The third-order valence-electron chi connectivity index (χ3n) is 4.42. The average Bonchev–Trinajstić information content (AvgIpc) is 2.48. The predicted octanol–water partition coefficient (Wildman–Crippen LogP) is 4.44. The lowest BCUT2D eigenvalue weighted by molar-refractivity contribution is 0.130. The lowest BCUT2D eigenvalue weighted by Gasteiger charge is -2.28. The second-order valence-electron chi connectivity index (χ2n) is 5.75. The number of rotatable bonds is 5. The van der Waals surface area contributed by atoms with Crippen LogP contribution >= 0.6 is 0 Å². The van der Waals surface area contributed by atoms with Crippen LogP contribution < -0.4 is 10.5 Å². The van der Waals surface area contributed by atoms with Gasteiger partial charge in [0.15, 0.2) is 0 Å². The summed E-state index contributed by atoms with van der Waals surface area (Å²) in [6.45, 7) is 4.41. The Morgan fingerprint density at radius 2 is 1.74 bits per heavy atom. The molecule has 0 bridgehead atoms. The van der Waals surface area contributed by atoms with Crippen LogP contribution in [0.4, 0.5) is 0 Å². The molecule has 2 N–H and O–H groups in total. The molecule has 2 heteroatoms. The quantitative estimate of drug-likeness (QED) is 0.850. The molecule has 1 unspecified atom stereocenters. The van der Waals surface area contributed by atoms with Gasteiger partial charge in [0.1, 0.15) is 5.75 Å². The molecule has 1 aliphatic carbocycles. The number of hydrogen-bond acceptors (Lipinski definition) is 2. The molecule has 1 aliphatic rings. The van der Waals surface area contributed by atoms with Gasteiger partial charge in [-0.2, -0.15) is 0 Å². The molecule has 0 aromatic heterocycles. The fourth-order valence-electron chi connectivity index (χ4n) is 2.88. The Balaban J connectivity index is 1.86. The predicted molar refractivity (Wildman–Crippen MR) is 80.3 cm³/mol. The van der Waals surface area contributed by atoms with Gasteiger partial charge in [0.2, 0.25) is 0 Å². The molecule has 0 saturated heterocycles. The van der Waals surface area contributed by atoms with Gasteiger partial charge in [-0.15, -0.1) is 0 Å². The molecule has 106 valence electrons. The molecule has 2 rings (SSSR count). The Bertz CT molecular complexity index is 365. The number of hydrogen-bond donors (Lipinski definition) is 1. The van der Waals surface area contributed by atoms with E-state index in [0.29, 0.717) is 6.10 Å². The maximum atomic E-state index is 6.08. The first kappa shape index (κ1) is 14.4. The number of benzene rings is 1. The van der Waals surface area contributed by atoms with Gasteiger partial charge >= 0.3 is 0 Å². The Hall–Kier alpha value is -1.02. The van der Waals surface area contributed by atoms with Crippen LogP contribution in [-0.2, 0) is 0 Å². The standard InChI is InChI=1S/C17H27NO/c1-3-13-5-9-15(10-6-13)19-16-11-7-14(8-12-16)17(18)4-2/h7-8,11-13,15,17H,3-6,9-10,18H2,1-2H3. The molecule has 2 nitrogen and oxygen atoms in total. The Labute approximate surface area is 117 Å². The zero-order valence-corrected chi connectivity index (χ0v) is 12.3. The zero-order chi connectivity index (χ0) is 13.7. The summed E-state index contributed by atoms with van der Waals surface area (Å²) in [5.74, 6) is 1.91. The number of ether oxygens (including phenoxy) is 1. The first-order chi connectivity index (χ1) is 9.22. The van der Waals surface area contributed by atoms with Crippen molar-refractivity contribution in [2.75, 3.05) is 0 Å². The van der Waals surface area contributed by atoms with Crippen molar-refractivity contribution in [3.8, 4) is 5.75 Å². The van der Waals surface area contributed by atoms with E-state index in [1.165, 1.54) is 37.7 Å². The maximum Gasteiger partial charge on any atom is 0.119 e. The molecule has 0 spiro atoms. The normalized spacial score (nSPS) is 25.0. The first-order valence-corrected chi connectivity index (χ1v) is 7.75. The van der Waals surface area contributed by atoms with E-state index in [-0.39, 0.29) is 6.04 Å². The van der Waals surface area contributed by atoms with Crippen LogP contribution in [0.1, 0.15) is 64.0 Å². The van der Waals surface area contributed by atoms with E-state index in [9.17, 15) is 0 Å². The van der Waals surface area contributed by atoms with E-state index >= 15 is 0 Å². The van der Waals surface area contributed by atoms with Gasteiger partial charge in [-0.3, -0.25) is 0 Å². The summed E-state index contributed by atoms with van der Waals surface area (Å²) >= 11 is 0. The van der Waals surface area contributed by atoms with E-state index in [4.69, 9.17) is 10.5 Å². The van der Waals surface area contributed by atoms with Crippen molar-refractivity contribution in [3.05, 3.63) is 29.8 Å². The van der Waals surface area contributed by atoms with Crippen LogP contribution in [0, 0.1) is 5.92 Å². The Morgan fingerprint density at radius 3 is 2.26 bits per heavy atom. The summed E-state index contributed by atoms with van der Waals surface area (Å²) in [5, 5.41) is 0. The first-order valence-electron chi connectivity index (χ1n) is 7.75. The van der Waals surface area contributed by atoms with Crippen molar-refractivity contribution in [2.45, 2.75) is 64.5 Å². The van der Waals surface area contributed by atoms with Gasteiger partial charge in [-0.1, -0.05) is 32.4 Å². The minimum absolute atomic E-state index is 0.147. The molecular weight excluding hydrogens is 234 g/mol. The second kappa shape index (κ2) is 6.95. The summed E-state index contributed by atoms with van der Waals surface area (Å²) in [7, 11) is 0. The van der Waals surface area contributed by atoms with Gasteiger partial charge < -0.3 is 10.5 Å². The molecule has 0 radical (unpaired) electrons. The van der Waals surface area contributed by atoms with Gasteiger partial charge in [-0.25, -0.2) is 0 Å². The lowest BCUT2D eigenvalue weighted by atomic mass is 9.86. The highest BCUT2D eigenvalue weighted by atomic mass is 16.5. The molecule has 0 amide bonds. The highest BCUT2D eigenvalue weighted by Crippen LogP contribution is 2.29. The monoisotopic (exact) mass is 261 g/mol. The summed E-state index contributed by atoms with van der Waals surface area (Å²) in [5.41, 5.74) is 7.22. The van der Waals surface area contributed by atoms with Crippen LogP contribution in [0.3, 0.4) is 0 Å². The van der Waals surface area contributed by atoms with Crippen LogP contribution in [0.2, 0.25) is 0 Å². The molecular formula is C17H27NO. The molecule has 0 heterocycles. The maximum absolute atomic E-state index is 6.08. The van der Waals surface area contributed by atoms with E-state index in [2.05, 4.69) is 38.1 Å². The van der Waals surface area contributed by atoms with Gasteiger partial charge in [0, 0.05) is 6.04 Å². The van der Waals surface area contributed by atoms with Crippen LogP contribution in [-0.4, -0.2) is 6.10 Å². The molecule has 19 heavy (non-hydrogen) atoms. The topological polar surface area (TPSA) is 35.2 Å². The van der Waals surface area contributed by atoms with Crippen molar-refractivity contribution in [3.63, 3.8) is 0 Å². The number of nitrogens with two attached hydrogens (primary N) is 1. The van der Waals surface area contributed by atoms with Crippen molar-refractivity contribution in [1.82, 2.24) is 0 Å². The second-order valence-corrected chi connectivity index (χ2v) is 5.75. The van der Waals surface area contributed by atoms with E-state index in [1.54, 1.807) is 0 Å². The zero-order valence-electron chi connectivity index (χ0n) is 12.3. The molecule has 1 aromatic rings. The van der Waals surface area contributed by atoms with Crippen LogP contribution in [0.15, 0.2) is 24.3 Å². The largest absolute Gasteiger partial charge is 0.490 e. The minimum Gasteiger partial charge on any atom is -0.490 e. The average molecular weight is 261 g/mol. The molecule has 1 aromatic carbocycles. The van der Waals surface area contributed by atoms with Crippen LogP contribution in [0.5, 0.6) is 5.75 Å². The van der Waals surface area contributed by atoms with Crippen molar-refractivity contribution in [1.29, 1.82) is 0 Å². The highest BCUT2D eigenvalue weighted by molar-refractivity contribution is 5.29. The third kappa shape index (κ3) is 3.97. The molecule has 1 atom stereocenters. The third-order valence-corrected chi connectivity index (χ3v) is 4.42. The fraction of sp³-hybridized carbons (Fsp3) is 0.647. The summed E-state index contributed by atoms with van der Waals surface area (Å²) in [4.78, 5) is 0. The molecule has 1 fully saturated rings. The smallest absolute Gasteiger partial charge is 0.119 e. The fourth-order valence-corrected chi connectivity index (χ4v) is 2.88. The van der Waals surface area contributed by atoms with Crippen molar-refractivity contribution < 1.29 is 4.74 Å². The van der Waals surface area contributed by atoms with Gasteiger partial charge in [0.05, 0.1) is 6.10 Å². The summed E-state index contributed by atoms with van der Waals surface area (Å²) < 4.78 is 6.08. The Kier molecular flexibility index (Phi) is 5.26. The summed E-state index contributed by atoms with van der Waals surface area (Å²) in [6.07, 6.45) is 7.74.